The molecule has 5 N–H and O–H groups in total. The fraction of sp³-hybridized carbons (Fsp3) is 0.417. The van der Waals surface area contributed by atoms with Crippen molar-refractivity contribution >= 4 is 28.7 Å². The monoisotopic (exact) mass is 512 g/mol. The number of piperidine rings is 1. The number of primary amides is 1. The molecule has 2 aromatic heterocycles. The Morgan fingerprint density at radius 2 is 1.89 bits per heavy atom. The van der Waals surface area contributed by atoms with Crippen LogP contribution in [-0.2, 0) is 13.1 Å². The van der Waals surface area contributed by atoms with Crippen LogP contribution in [0.3, 0.4) is 0 Å². The minimum Gasteiger partial charge on any atom is -0.381 e. The summed E-state index contributed by atoms with van der Waals surface area (Å²) in [5.41, 5.74) is 10.8. The Morgan fingerprint density at radius 3 is 2.49 bits per heavy atom. The third kappa shape index (κ3) is 6.84. The molecule has 1 aliphatic heterocycles. The topological polar surface area (TPSA) is 182 Å². The minimum absolute atomic E-state index is 0.113. The number of carbonyl (C=O) groups is 2. The number of fused-ring (bicyclic) bond motifs is 1. The first-order valence-corrected chi connectivity index (χ1v) is 11.9. The zero-order valence-electron chi connectivity index (χ0n) is 21.1. The van der Waals surface area contributed by atoms with Gasteiger partial charge in [-0.05, 0) is 50.3 Å². The molecule has 3 amide bonds. The normalized spacial score (nSPS) is 13.5. The van der Waals surface area contributed by atoms with Gasteiger partial charge in [0.05, 0.1) is 22.8 Å². The van der Waals surface area contributed by atoms with Crippen LogP contribution in [0.5, 0.6) is 0 Å². The van der Waals surface area contributed by atoms with Crippen molar-refractivity contribution in [3.63, 3.8) is 0 Å². The van der Waals surface area contributed by atoms with Crippen molar-refractivity contribution in [2.24, 2.45) is 5.73 Å². The van der Waals surface area contributed by atoms with Gasteiger partial charge in [-0.15, -0.1) is 10.1 Å². The van der Waals surface area contributed by atoms with Crippen molar-refractivity contribution in [2.45, 2.75) is 52.7 Å². The molecule has 13 nitrogen and oxygen atoms in total. The van der Waals surface area contributed by atoms with Gasteiger partial charge in [-0.3, -0.25) is 4.79 Å². The van der Waals surface area contributed by atoms with Crippen LogP contribution < -0.4 is 16.4 Å². The lowest BCUT2D eigenvalue weighted by molar-refractivity contribution is -0.742. The lowest BCUT2D eigenvalue weighted by atomic mass is 10.0. The predicted octanol–water partition coefficient (Wildman–Crippen LogP) is 2.61. The van der Waals surface area contributed by atoms with Crippen LogP contribution in [0.4, 0.5) is 10.5 Å². The highest BCUT2D eigenvalue weighted by Gasteiger charge is 2.25. The van der Waals surface area contributed by atoms with Crippen LogP contribution in [0.2, 0.25) is 0 Å². The van der Waals surface area contributed by atoms with Gasteiger partial charge in [0, 0.05) is 38.4 Å². The quantitative estimate of drug-likeness (QED) is 0.287. The van der Waals surface area contributed by atoms with E-state index < -0.39 is 11.1 Å². The number of hydrogen-bond donors (Lipinski definition) is 4. The van der Waals surface area contributed by atoms with Gasteiger partial charge in [0.1, 0.15) is 0 Å². The summed E-state index contributed by atoms with van der Waals surface area (Å²) in [5, 5.41) is 25.5. The Balaban J connectivity index is 0.000000886. The second-order valence-electron chi connectivity index (χ2n) is 8.83. The van der Waals surface area contributed by atoms with E-state index in [-0.39, 0.29) is 11.9 Å². The number of carbonyl (C=O) groups excluding carboxylic acids is 2. The Labute approximate surface area is 213 Å². The van der Waals surface area contributed by atoms with Gasteiger partial charge in [-0.2, -0.15) is 5.10 Å². The van der Waals surface area contributed by atoms with Crippen molar-refractivity contribution in [1.82, 2.24) is 25.0 Å². The van der Waals surface area contributed by atoms with E-state index in [0.717, 1.165) is 35.1 Å². The van der Waals surface area contributed by atoms with E-state index in [1.54, 1.807) is 17.3 Å². The molecule has 0 radical (unpaired) electrons. The summed E-state index contributed by atoms with van der Waals surface area (Å²) in [6.07, 6.45) is 4.87. The highest BCUT2D eigenvalue weighted by Crippen LogP contribution is 2.28. The van der Waals surface area contributed by atoms with E-state index in [2.05, 4.69) is 46.7 Å². The third-order valence-corrected chi connectivity index (χ3v) is 6.39. The van der Waals surface area contributed by atoms with E-state index >= 15 is 0 Å². The average Bonchev–Trinajstić information content (AvgIpc) is 3.28. The van der Waals surface area contributed by atoms with Crippen molar-refractivity contribution in [2.75, 3.05) is 18.4 Å². The van der Waals surface area contributed by atoms with Gasteiger partial charge in [-0.25, -0.2) is 14.5 Å². The first kappa shape index (κ1) is 27.2. The molecular weight excluding hydrogens is 480 g/mol. The smallest absolute Gasteiger partial charge is 0.314 e. The fourth-order valence-electron chi connectivity index (χ4n) is 4.23. The van der Waals surface area contributed by atoms with E-state index in [0.29, 0.717) is 31.7 Å². The largest absolute Gasteiger partial charge is 0.381 e. The summed E-state index contributed by atoms with van der Waals surface area (Å²) in [7, 11) is 0. The highest BCUT2D eigenvalue weighted by atomic mass is 16.9. The molecule has 0 saturated carbocycles. The Morgan fingerprint density at radius 1 is 1.22 bits per heavy atom. The summed E-state index contributed by atoms with van der Waals surface area (Å²) >= 11 is 0. The molecule has 3 aromatic rings. The van der Waals surface area contributed by atoms with Gasteiger partial charge in [-0.1, -0.05) is 18.2 Å². The number of nitrogens with zero attached hydrogens (tertiary/aromatic N) is 5. The number of hydrogen-bond acceptors (Lipinski definition) is 7. The molecule has 0 unspecified atom stereocenters. The SMILES string of the molecule is CCn1ncc2c(NC3CCN(C(N)=O)CC3)c(C(=O)NCc3ccc(C)c(C)c3)cnc21.O=[N+]([O-])O. The second-order valence-corrected chi connectivity index (χ2v) is 8.83. The van der Waals surface area contributed by atoms with E-state index in [1.165, 1.54) is 11.1 Å². The zero-order chi connectivity index (χ0) is 27.1. The summed E-state index contributed by atoms with van der Waals surface area (Å²) in [6, 6.07) is 5.90. The van der Waals surface area contributed by atoms with Crippen LogP contribution in [0.15, 0.2) is 30.6 Å². The number of aryl methyl sites for hydroxylation is 3. The molecule has 0 aliphatic carbocycles. The molecule has 3 heterocycles. The number of amides is 3. The van der Waals surface area contributed by atoms with Gasteiger partial charge in [0.25, 0.3) is 11.0 Å². The molecule has 0 bridgehead atoms. The molecule has 1 saturated heterocycles. The van der Waals surface area contributed by atoms with Crippen LogP contribution in [0, 0.1) is 24.0 Å². The third-order valence-electron chi connectivity index (χ3n) is 6.39. The number of urea groups is 1. The summed E-state index contributed by atoms with van der Waals surface area (Å²) in [4.78, 5) is 39.2. The van der Waals surface area contributed by atoms with Crippen LogP contribution >= 0.6 is 0 Å². The number of aromatic nitrogens is 3. The lowest BCUT2D eigenvalue weighted by Gasteiger charge is -2.32. The maximum absolute atomic E-state index is 13.2. The van der Waals surface area contributed by atoms with Gasteiger partial charge in [0.15, 0.2) is 5.65 Å². The number of anilines is 1. The Bertz CT molecular complexity index is 1280. The number of pyridine rings is 1. The van der Waals surface area contributed by atoms with Crippen molar-refractivity contribution in [3.05, 3.63) is 63.0 Å². The highest BCUT2D eigenvalue weighted by molar-refractivity contribution is 6.06. The number of rotatable bonds is 6. The standard InChI is InChI=1S/C24H31N7O2.HNO3/c1-4-31-22-19(14-28-31)21(29-18-7-9-30(10-8-18)24(25)33)20(13-26-22)23(32)27-12-17-6-5-15(2)16(3)11-17;2-1(3)4/h5-6,11,13-14,18H,4,7-10,12H2,1-3H3,(H2,25,33)(H,26,29)(H,27,32);(H,2,3,4). The van der Waals surface area contributed by atoms with E-state index in [1.807, 2.05) is 17.7 Å². The van der Waals surface area contributed by atoms with Gasteiger partial charge < -0.3 is 26.5 Å². The Hall–Kier alpha value is -4.42. The van der Waals surface area contributed by atoms with E-state index in [9.17, 15) is 9.59 Å². The van der Waals surface area contributed by atoms with Crippen LogP contribution in [0.1, 0.15) is 46.8 Å². The van der Waals surface area contributed by atoms with Gasteiger partial charge in [0.2, 0.25) is 0 Å². The first-order chi connectivity index (χ1) is 17.6. The molecule has 0 spiro atoms. The van der Waals surface area contributed by atoms with Crippen molar-refractivity contribution in [3.8, 4) is 0 Å². The number of benzene rings is 1. The zero-order valence-corrected chi connectivity index (χ0v) is 21.1. The molecule has 1 fully saturated rings. The Kier molecular flexibility index (Phi) is 8.82. The molecule has 1 aliphatic rings. The number of nitrogens with one attached hydrogen (secondary N) is 2. The molecule has 13 heteroatoms. The maximum atomic E-state index is 13.2. The van der Waals surface area contributed by atoms with Crippen LogP contribution in [-0.4, -0.2) is 61.0 Å². The lowest BCUT2D eigenvalue weighted by Crippen LogP contribution is -2.44. The molecule has 0 atom stereocenters. The number of likely N-dealkylation sites (tertiary alicyclic amines) is 1. The summed E-state index contributed by atoms with van der Waals surface area (Å²) in [5.74, 6) is -0.191. The summed E-state index contributed by atoms with van der Waals surface area (Å²) in [6.45, 7) is 8.43. The average molecular weight is 513 g/mol. The molecule has 198 valence electrons. The molecule has 37 heavy (non-hydrogen) atoms. The minimum atomic E-state index is -1.50. The second kappa shape index (κ2) is 12.0. The predicted molar refractivity (Wildman–Crippen MR) is 137 cm³/mol. The van der Waals surface area contributed by atoms with E-state index in [4.69, 9.17) is 21.1 Å². The molecule has 1 aromatic carbocycles. The molecule has 4 rings (SSSR count). The van der Waals surface area contributed by atoms with Crippen LogP contribution in [0.25, 0.3) is 11.0 Å². The van der Waals surface area contributed by atoms with Gasteiger partial charge >= 0.3 is 6.03 Å². The van der Waals surface area contributed by atoms with Crippen molar-refractivity contribution < 1.29 is 19.9 Å². The summed E-state index contributed by atoms with van der Waals surface area (Å²) < 4.78 is 1.81. The maximum Gasteiger partial charge on any atom is 0.314 e. The molecular formula is C24H32N8O5. The van der Waals surface area contributed by atoms with Crippen molar-refractivity contribution in [1.29, 1.82) is 0 Å². The number of nitrogens with two attached hydrogens (primary N) is 1. The fourth-order valence-corrected chi connectivity index (χ4v) is 4.23. The first-order valence-electron chi connectivity index (χ1n) is 11.9.